The average Bonchev–Trinajstić information content (AvgIpc) is 2.83. The first-order valence-corrected chi connectivity index (χ1v) is 10.9. The second kappa shape index (κ2) is 10.6. The maximum absolute atomic E-state index is 10.9. The van der Waals surface area contributed by atoms with Crippen molar-refractivity contribution in [3.05, 3.63) is 98.6 Å². The van der Waals surface area contributed by atoms with Crippen molar-refractivity contribution < 1.29 is 4.92 Å². The molecular weight excluding hydrogens is 468 g/mol. The summed E-state index contributed by atoms with van der Waals surface area (Å²) in [6, 6.07) is 19.1. The molecule has 0 aliphatic heterocycles. The Labute approximate surface area is 206 Å². The highest BCUT2D eigenvalue weighted by Gasteiger charge is 2.10. The number of nitro groups is 1. The Kier molecular flexibility index (Phi) is 7.12. The van der Waals surface area contributed by atoms with Gasteiger partial charge in [0.1, 0.15) is 0 Å². The number of nitrogens with zero attached hydrogens (tertiary/aromatic N) is 5. The third-order valence-corrected chi connectivity index (χ3v) is 5.35. The lowest BCUT2D eigenvalue weighted by atomic mass is 10.1. The second-order valence-corrected chi connectivity index (χ2v) is 7.96. The molecule has 0 radical (unpaired) electrons. The molecule has 10 nitrogen and oxygen atoms in total. The van der Waals surface area contributed by atoms with E-state index in [1.54, 1.807) is 24.4 Å². The number of anilines is 5. The summed E-state index contributed by atoms with van der Waals surface area (Å²) >= 11 is 6.17. The topological polar surface area (TPSA) is 130 Å². The highest BCUT2D eigenvalue weighted by Crippen LogP contribution is 2.22. The van der Waals surface area contributed by atoms with Gasteiger partial charge in [0.05, 0.1) is 11.1 Å². The average molecular weight is 489 g/mol. The predicted octanol–water partition coefficient (Wildman–Crippen LogP) is 5.98. The summed E-state index contributed by atoms with van der Waals surface area (Å²) in [4.78, 5) is 23.6. The fraction of sp³-hybridized carbons (Fsp3) is 0.0833. The van der Waals surface area contributed by atoms with E-state index in [9.17, 15) is 10.1 Å². The summed E-state index contributed by atoms with van der Waals surface area (Å²) in [5.41, 5.74) is 7.19. The van der Waals surface area contributed by atoms with E-state index in [2.05, 4.69) is 36.1 Å². The van der Waals surface area contributed by atoms with Crippen molar-refractivity contribution in [3.63, 3.8) is 0 Å². The summed E-state index contributed by atoms with van der Waals surface area (Å²) in [5, 5.41) is 21.9. The highest BCUT2D eigenvalue weighted by molar-refractivity contribution is 6.33. The van der Waals surface area contributed by atoms with Crippen LogP contribution in [0.15, 0.2) is 71.8 Å². The smallest absolute Gasteiger partial charge is 0.269 e. The molecular formula is C24H21ClN8O2. The van der Waals surface area contributed by atoms with Crippen LogP contribution in [-0.2, 0) is 0 Å². The number of aromatic nitrogens is 3. The molecule has 0 bridgehead atoms. The zero-order valence-electron chi connectivity index (χ0n) is 18.9. The normalized spacial score (nSPS) is 10.8. The van der Waals surface area contributed by atoms with Gasteiger partial charge >= 0.3 is 0 Å². The molecule has 0 unspecified atom stereocenters. The molecule has 176 valence electrons. The van der Waals surface area contributed by atoms with Crippen LogP contribution >= 0.6 is 11.6 Å². The molecule has 0 saturated heterocycles. The molecule has 3 N–H and O–H groups in total. The molecule has 35 heavy (non-hydrogen) atoms. The first kappa shape index (κ1) is 23.6. The van der Waals surface area contributed by atoms with Gasteiger partial charge in [0, 0.05) is 34.1 Å². The van der Waals surface area contributed by atoms with Crippen LogP contribution in [0.25, 0.3) is 0 Å². The van der Waals surface area contributed by atoms with E-state index in [1.165, 1.54) is 17.7 Å². The van der Waals surface area contributed by atoms with Crippen molar-refractivity contribution in [1.82, 2.24) is 15.0 Å². The van der Waals surface area contributed by atoms with Crippen LogP contribution in [0.3, 0.4) is 0 Å². The van der Waals surface area contributed by atoms with Crippen LogP contribution in [0, 0.1) is 24.0 Å². The summed E-state index contributed by atoms with van der Waals surface area (Å²) in [5.74, 6) is 0.679. The molecule has 3 aromatic carbocycles. The second-order valence-electron chi connectivity index (χ2n) is 7.55. The third-order valence-electron chi connectivity index (χ3n) is 5.01. The number of benzene rings is 3. The predicted molar refractivity (Wildman–Crippen MR) is 138 cm³/mol. The standard InChI is InChI=1S/C24H21ClN8O2/c1-15-7-8-19(13-16(15)2)28-23-29-22(27-18-9-11-20(12-10-18)33(34)35)30-24(31-23)32-26-14-17-5-3-4-6-21(17)25/h3-14H,1-2H3,(H3,27,28,29,30,31,32)/b26-14-. The summed E-state index contributed by atoms with van der Waals surface area (Å²) < 4.78 is 0. The van der Waals surface area contributed by atoms with Crippen LogP contribution in [0.4, 0.5) is 34.9 Å². The Hall–Kier alpha value is -4.57. The Morgan fingerprint density at radius 3 is 2.14 bits per heavy atom. The SMILES string of the molecule is Cc1ccc(Nc2nc(N/N=C\c3ccccc3Cl)nc(Nc3ccc([N+](=O)[O-])cc3)n2)cc1C. The number of halogens is 1. The van der Waals surface area contributed by atoms with Gasteiger partial charge < -0.3 is 10.6 Å². The Balaban J connectivity index is 1.60. The molecule has 1 heterocycles. The fourth-order valence-electron chi connectivity index (χ4n) is 3.02. The fourth-order valence-corrected chi connectivity index (χ4v) is 3.21. The molecule has 0 spiro atoms. The van der Waals surface area contributed by atoms with Crippen molar-refractivity contribution in [2.75, 3.05) is 16.1 Å². The van der Waals surface area contributed by atoms with Crippen molar-refractivity contribution in [2.45, 2.75) is 13.8 Å². The molecule has 4 rings (SSSR count). The van der Waals surface area contributed by atoms with Crippen molar-refractivity contribution in [1.29, 1.82) is 0 Å². The molecule has 1 aromatic heterocycles. The molecule has 0 aliphatic rings. The molecule has 0 aliphatic carbocycles. The van der Waals surface area contributed by atoms with Crippen LogP contribution in [0.1, 0.15) is 16.7 Å². The van der Waals surface area contributed by atoms with Gasteiger partial charge in [-0.05, 0) is 55.3 Å². The van der Waals surface area contributed by atoms with Gasteiger partial charge in [-0.1, -0.05) is 35.9 Å². The number of hydrogen-bond donors (Lipinski definition) is 3. The Bertz CT molecular complexity index is 1390. The van der Waals surface area contributed by atoms with Gasteiger partial charge in [-0.3, -0.25) is 10.1 Å². The Morgan fingerprint density at radius 1 is 0.857 bits per heavy atom. The van der Waals surface area contributed by atoms with Crippen LogP contribution < -0.4 is 16.1 Å². The van der Waals surface area contributed by atoms with E-state index in [0.717, 1.165) is 16.8 Å². The minimum absolute atomic E-state index is 0.0143. The van der Waals surface area contributed by atoms with E-state index >= 15 is 0 Å². The molecule has 4 aromatic rings. The number of nitro benzene ring substituents is 1. The number of aryl methyl sites for hydroxylation is 2. The van der Waals surface area contributed by atoms with Crippen molar-refractivity contribution in [3.8, 4) is 0 Å². The number of rotatable bonds is 8. The summed E-state index contributed by atoms with van der Waals surface area (Å²) in [6.07, 6.45) is 1.56. The zero-order valence-corrected chi connectivity index (χ0v) is 19.6. The number of hydrogen-bond acceptors (Lipinski definition) is 9. The first-order chi connectivity index (χ1) is 16.9. The summed E-state index contributed by atoms with van der Waals surface area (Å²) in [7, 11) is 0. The van der Waals surface area contributed by atoms with Crippen molar-refractivity contribution >= 4 is 52.7 Å². The minimum Gasteiger partial charge on any atom is -0.324 e. The Morgan fingerprint density at radius 2 is 1.49 bits per heavy atom. The lowest BCUT2D eigenvalue weighted by Crippen LogP contribution is -2.07. The monoisotopic (exact) mass is 488 g/mol. The van der Waals surface area contributed by atoms with E-state index < -0.39 is 4.92 Å². The first-order valence-electron chi connectivity index (χ1n) is 10.5. The number of hydrazone groups is 1. The lowest BCUT2D eigenvalue weighted by molar-refractivity contribution is -0.384. The van der Waals surface area contributed by atoms with Crippen LogP contribution in [0.5, 0.6) is 0 Å². The van der Waals surface area contributed by atoms with Crippen LogP contribution in [0.2, 0.25) is 5.02 Å². The van der Waals surface area contributed by atoms with Gasteiger partial charge in [-0.15, -0.1) is 0 Å². The number of nitrogens with one attached hydrogen (secondary N) is 3. The molecule has 0 saturated carbocycles. The largest absolute Gasteiger partial charge is 0.324 e. The van der Waals surface area contributed by atoms with Gasteiger partial charge in [0.2, 0.25) is 17.8 Å². The van der Waals surface area contributed by atoms with E-state index in [4.69, 9.17) is 11.6 Å². The van der Waals surface area contributed by atoms with Crippen molar-refractivity contribution in [2.24, 2.45) is 5.10 Å². The van der Waals surface area contributed by atoms with Gasteiger partial charge in [0.15, 0.2) is 0 Å². The minimum atomic E-state index is -0.461. The maximum Gasteiger partial charge on any atom is 0.269 e. The quantitative estimate of drug-likeness (QED) is 0.157. The molecule has 0 amide bonds. The molecule has 0 fully saturated rings. The highest BCUT2D eigenvalue weighted by atomic mass is 35.5. The van der Waals surface area contributed by atoms with E-state index in [1.807, 2.05) is 50.2 Å². The van der Waals surface area contributed by atoms with Crippen LogP contribution in [-0.4, -0.2) is 26.1 Å². The van der Waals surface area contributed by atoms with Gasteiger partial charge in [-0.2, -0.15) is 20.1 Å². The van der Waals surface area contributed by atoms with E-state index in [0.29, 0.717) is 10.7 Å². The third kappa shape index (κ3) is 6.27. The van der Waals surface area contributed by atoms with E-state index in [-0.39, 0.29) is 23.5 Å². The molecule has 0 atom stereocenters. The van der Waals surface area contributed by atoms with Gasteiger partial charge in [0.25, 0.3) is 5.69 Å². The lowest BCUT2D eigenvalue weighted by Gasteiger charge is -2.11. The maximum atomic E-state index is 10.9. The summed E-state index contributed by atoms with van der Waals surface area (Å²) in [6.45, 7) is 4.05. The van der Waals surface area contributed by atoms with Gasteiger partial charge in [-0.25, -0.2) is 5.43 Å². The molecule has 11 heteroatoms. The zero-order chi connectivity index (χ0) is 24.8. The number of non-ortho nitro benzene ring substituents is 1.